The minimum atomic E-state index is -0.446. The molecule has 21 heavy (non-hydrogen) atoms. The molecule has 0 spiro atoms. The Balaban J connectivity index is 1.83. The van der Waals surface area contributed by atoms with Gasteiger partial charge in [0, 0.05) is 18.9 Å². The summed E-state index contributed by atoms with van der Waals surface area (Å²) >= 11 is 0. The van der Waals surface area contributed by atoms with Gasteiger partial charge in [0.15, 0.2) is 0 Å². The number of amides is 1. The SMILES string of the molecule is O=C(C1CCCC1O)N1CCCCCC1c1ccncc1. The zero-order valence-electron chi connectivity index (χ0n) is 12.4. The van der Waals surface area contributed by atoms with E-state index >= 15 is 0 Å². The van der Waals surface area contributed by atoms with Gasteiger partial charge in [0.1, 0.15) is 0 Å². The van der Waals surface area contributed by atoms with Gasteiger partial charge in [-0.3, -0.25) is 9.78 Å². The Bertz CT molecular complexity index is 477. The van der Waals surface area contributed by atoms with Crippen LogP contribution in [0.3, 0.4) is 0 Å². The van der Waals surface area contributed by atoms with E-state index in [1.54, 1.807) is 12.4 Å². The first-order valence-electron chi connectivity index (χ1n) is 8.16. The molecule has 1 aromatic rings. The highest BCUT2D eigenvalue weighted by molar-refractivity contribution is 5.80. The molecular weight excluding hydrogens is 264 g/mol. The van der Waals surface area contributed by atoms with E-state index in [1.807, 2.05) is 17.0 Å². The van der Waals surface area contributed by atoms with E-state index in [-0.39, 0.29) is 17.9 Å². The number of nitrogens with zero attached hydrogens (tertiary/aromatic N) is 2. The first-order valence-corrected chi connectivity index (χ1v) is 8.16. The second-order valence-electron chi connectivity index (χ2n) is 6.28. The number of carbonyl (C=O) groups is 1. The molecular formula is C17H24N2O2. The lowest BCUT2D eigenvalue weighted by Gasteiger charge is -2.33. The summed E-state index contributed by atoms with van der Waals surface area (Å²) in [5.41, 5.74) is 1.17. The summed E-state index contributed by atoms with van der Waals surface area (Å²) in [6, 6.07) is 4.18. The van der Waals surface area contributed by atoms with Gasteiger partial charge in [0.25, 0.3) is 0 Å². The maximum Gasteiger partial charge on any atom is 0.228 e. The number of carbonyl (C=O) groups excluding carboxylic acids is 1. The highest BCUT2D eigenvalue weighted by Gasteiger charge is 2.37. The summed E-state index contributed by atoms with van der Waals surface area (Å²) in [6.07, 6.45) is 10.1. The van der Waals surface area contributed by atoms with Crippen molar-refractivity contribution in [2.45, 2.75) is 57.1 Å². The lowest BCUT2D eigenvalue weighted by molar-refractivity contribution is -0.140. The third kappa shape index (κ3) is 3.10. The van der Waals surface area contributed by atoms with Gasteiger partial charge < -0.3 is 10.0 Å². The number of hydrogen-bond donors (Lipinski definition) is 1. The van der Waals surface area contributed by atoms with Crippen LogP contribution in [0.2, 0.25) is 0 Å². The smallest absolute Gasteiger partial charge is 0.228 e. The van der Waals surface area contributed by atoms with E-state index in [4.69, 9.17) is 0 Å². The van der Waals surface area contributed by atoms with Crippen molar-refractivity contribution >= 4 is 5.91 Å². The van der Waals surface area contributed by atoms with Crippen molar-refractivity contribution in [1.29, 1.82) is 0 Å². The Morgan fingerprint density at radius 1 is 1.10 bits per heavy atom. The normalized spacial score (nSPS) is 30.1. The minimum Gasteiger partial charge on any atom is -0.392 e. The van der Waals surface area contributed by atoms with Crippen LogP contribution in [0.15, 0.2) is 24.5 Å². The molecule has 1 saturated carbocycles. The average molecular weight is 288 g/mol. The predicted octanol–water partition coefficient (Wildman–Crippen LogP) is 2.69. The van der Waals surface area contributed by atoms with Gasteiger partial charge >= 0.3 is 0 Å². The van der Waals surface area contributed by atoms with Crippen LogP contribution in [0, 0.1) is 5.92 Å². The molecule has 1 aliphatic heterocycles. The average Bonchev–Trinajstić information content (AvgIpc) is 2.80. The standard InChI is InChI=1S/C17H24N2O2/c20-16-7-4-5-14(16)17(21)19-12-3-1-2-6-15(19)13-8-10-18-11-9-13/h8-11,14-16,20H,1-7,12H2. The molecule has 1 amide bonds. The van der Waals surface area contributed by atoms with Crippen molar-refractivity contribution in [3.63, 3.8) is 0 Å². The molecule has 1 saturated heterocycles. The number of aliphatic hydroxyl groups excluding tert-OH is 1. The second-order valence-corrected chi connectivity index (χ2v) is 6.28. The topological polar surface area (TPSA) is 53.4 Å². The summed E-state index contributed by atoms with van der Waals surface area (Å²) < 4.78 is 0. The van der Waals surface area contributed by atoms with Crippen molar-refractivity contribution in [1.82, 2.24) is 9.88 Å². The number of likely N-dealkylation sites (tertiary alicyclic amines) is 1. The highest BCUT2D eigenvalue weighted by Crippen LogP contribution is 2.34. The van der Waals surface area contributed by atoms with Gasteiger partial charge in [-0.05, 0) is 49.8 Å². The van der Waals surface area contributed by atoms with E-state index in [2.05, 4.69) is 4.98 Å². The first kappa shape index (κ1) is 14.5. The van der Waals surface area contributed by atoms with E-state index in [1.165, 1.54) is 12.0 Å². The van der Waals surface area contributed by atoms with Gasteiger partial charge in [-0.25, -0.2) is 0 Å². The number of hydrogen-bond acceptors (Lipinski definition) is 3. The van der Waals surface area contributed by atoms with Crippen molar-refractivity contribution in [3.05, 3.63) is 30.1 Å². The van der Waals surface area contributed by atoms with Gasteiger partial charge in [0.05, 0.1) is 18.1 Å². The molecule has 1 N–H and O–H groups in total. The highest BCUT2D eigenvalue weighted by atomic mass is 16.3. The number of aromatic nitrogens is 1. The molecule has 2 fully saturated rings. The quantitative estimate of drug-likeness (QED) is 0.910. The Hall–Kier alpha value is -1.42. The zero-order valence-corrected chi connectivity index (χ0v) is 12.4. The van der Waals surface area contributed by atoms with Gasteiger partial charge in [-0.15, -0.1) is 0 Å². The van der Waals surface area contributed by atoms with Crippen LogP contribution in [-0.4, -0.2) is 33.5 Å². The Morgan fingerprint density at radius 3 is 2.62 bits per heavy atom. The molecule has 0 radical (unpaired) electrons. The Labute approximate surface area is 126 Å². The van der Waals surface area contributed by atoms with Gasteiger partial charge in [-0.2, -0.15) is 0 Å². The Morgan fingerprint density at radius 2 is 1.90 bits per heavy atom. The van der Waals surface area contributed by atoms with Crippen LogP contribution in [0.5, 0.6) is 0 Å². The van der Waals surface area contributed by atoms with Crippen LogP contribution in [-0.2, 0) is 4.79 Å². The predicted molar refractivity (Wildman–Crippen MR) is 80.5 cm³/mol. The third-order valence-electron chi connectivity index (χ3n) is 4.92. The molecule has 0 bridgehead atoms. The molecule has 3 atom stereocenters. The molecule has 1 aliphatic carbocycles. The lowest BCUT2D eigenvalue weighted by Crippen LogP contribution is -2.41. The fourth-order valence-corrected chi connectivity index (χ4v) is 3.75. The third-order valence-corrected chi connectivity index (χ3v) is 4.92. The van der Waals surface area contributed by atoms with Crippen molar-refractivity contribution < 1.29 is 9.90 Å². The lowest BCUT2D eigenvalue weighted by atomic mass is 9.98. The van der Waals surface area contributed by atoms with E-state index in [0.717, 1.165) is 45.1 Å². The van der Waals surface area contributed by atoms with Crippen molar-refractivity contribution in [3.8, 4) is 0 Å². The maximum atomic E-state index is 12.9. The molecule has 0 aromatic carbocycles. The number of pyridine rings is 1. The van der Waals surface area contributed by atoms with Gasteiger partial charge in [0.2, 0.25) is 5.91 Å². The molecule has 1 aromatic heterocycles. The summed E-state index contributed by atoms with van der Waals surface area (Å²) in [4.78, 5) is 19.0. The molecule has 4 heteroatoms. The zero-order chi connectivity index (χ0) is 14.7. The van der Waals surface area contributed by atoms with E-state index in [0.29, 0.717) is 0 Å². The fourth-order valence-electron chi connectivity index (χ4n) is 3.75. The molecule has 2 heterocycles. The van der Waals surface area contributed by atoms with E-state index in [9.17, 15) is 9.90 Å². The van der Waals surface area contributed by atoms with Gasteiger partial charge in [-0.1, -0.05) is 12.8 Å². The molecule has 4 nitrogen and oxygen atoms in total. The first-order chi connectivity index (χ1) is 10.3. The molecule has 3 unspecified atom stereocenters. The molecule has 2 aliphatic rings. The van der Waals surface area contributed by atoms with E-state index < -0.39 is 6.10 Å². The van der Waals surface area contributed by atoms with Crippen molar-refractivity contribution in [2.75, 3.05) is 6.54 Å². The van der Waals surface area contributed by atoms with Crippen LogP contribution in [0.25, 0.3) is 0 Å². The Kier molecular flexibility index (Phi) is 4.54. The van der Waals surface area contributed by atoms with Crippen LogP contribution < -0.4 is 0 Å². The number of rotatable bonds is 2. The second kappa shape index (κ2) is 6.56. The fraction of sp³-hybridized carbons (Fsp3) is 0.647. The van der Waals surface area contributed by atoms with Crippen LogP contribution in [0.1, 0.15) is 56.6 Å². The summed E-state index contributed by atoms with van der Waals surface area (Å²) in [6.45, 7) is 0.815. The number of aliphatic hydroxyl groups is 1. The van der Waals surface area contributed by atoms with Crippen LogP contribution >= 0.6 is 0 Å². The monoisotopic (exact) mass is 288 g/mol. The summed E-state index contributed by atoms with van der Waals surface area (Å²) in [7, 11) is 0. The summed E-state index contributed by atoms with van der Waals surface area (Å²) in [5, 5.41) is 10.1. The largest absolute Gasteiger partial charge is 0.392 e. The molecule has 3 rings (SSSR count). The molecule has 114 valence electrons. The minimum absolute atomic E-state index is 0.149. The summed E-state index contributed by atoms with van der Waals surface area (Å²) in [5.74, 6) is -0.0313. The maximum absolute atomic E-state index is 12.9. The van der Waals surface area contributed by atoms with Crippen molar-refractivity contribution in [2.24, 2.45) is 5.92 Å². The van der Waals surface area contributed by atoms with Crippen LogP contribution in [0.4, 0.5) is 0 Å².